The van der Waals surface area contributed by atoms with E-state index in [1.54, 1.807) is 23.5 Å². The summed E-state index contributed by atoms with van der Waals surface area (Å²) >= 11 is 1.64. The predicted molar refractivity (Wildman–Crippen MR) is 108 cm³/mol. The Labute approximate surface area is 169 Å². The van der Waals surface area contributed by atoms with Crippen molar-refractivity contribution >= 4 is 23.2 Å². The summed E-state index contributed by atoms with van der Waals surface area (Å²) in [4.78, 5) is 30.6. The zero-order chi connectivity index (χ0) is 19.9. The molecule has 0 radical (unpaired) electrons. The van der Waals surface area contributed by atoms with Crippen molar-refractivity contribution in [2.45, 2.75) is 44.9 Å². The maximum Gasteiger partial charge on any atom is 0.227 e. The highest BCUT2D eigenvalue weighted by molar-refractivity contribution is 7.09. The third-order valence-electron chi connectivity index (χ3n) is 4.99. The van der Waals surface area contributed by atoms with Gasteiger partial charge in [0.1, 0.15) is 5.82 Å². The molecule has 150 valence electrons. The molecule has 3 rings (SSSR count). The Morgan fingerprint density at radius 2 is 2.11 bits per heavy atom. The third kappa shape index (κ3) is 5.61. The number of hydrogen-bond acceptors (Lipinski definition) is 4. The van der Waals surface area contributed by atoms with Crippen LogP contribution in [0.3, 0.4) is 0 Å². The number of carbonyl (C=O) groups is 2. The highest BCUT2D eigenvalue weighted by atomic mass is 32.1. The summed E-state index contributed by atoms with van der Waals surface area (Å²) in [5.74, 6) is 0.103. The maximum absolute atomic E-state index is 13.0. The number of hydrogen-bond donors (Lipinski definition) is 1. The van der Waals surface area contributed by atoms with E-state index in [1.165, 1.54) is 12.1 Å². The van der Waals surface area contributed by atoms with Crippen molar-refractivity contribution in [2.75, 3.05) is 19.6 Å². The van der Waals surface area contributed by atoms with Crippen molar-refractivity contribution in [1.82, 2.24) is 15.2 Å². The Morgan fingerprint density at radius 1 is 1.32 bits per heavy atom. The van der Waals surface area contributed by atoms with Gasteiger partial charge in [-0.25, -0.2) is 9.37 Å². The molecule has 1 aliphatic rings. The first-order valence-corrected chi connectivity index (χ1v) is 10.7. The minimum atomic E-state index is -0.289. The summed E-state index contributed by atoms with van der Waals surface area (Å²) in [7, 11) is 0. The molecule has 1 aromatic carbocycles. The van der Waals surface area contributed by atoms with Crippen molar-refractivity contribution in [3.05, 3.63) is 51.7 Å². The molecule has 7 heteroatoms. The number of rotatable bonds is 7. The maximum atomic E-state index is 13.0. The van der Waals surface area contributed by atoms with Crippen LogP contribution in [0.15, 0.2) is 29.6 Å². The molecule has 1 aromatic heterocycles. The fourth-order valence-electron chi connectivity index (χ4n) is 3.37. The van der Waals surface area contributed by atoms with Gasteiger partial charge in [0.2, 0.25) is 11.8 Å². The first kappa shape index (κ1) is 20.5. The topological polar surface area (TPSA) is 62.3 Å². The normalized spacial score (nSPS) is 16.8. The van der Waals surface area contributed by atoms with Gasteiger partial charge in [0.15, 0.2) is 0 Å². The summed E-state index contributed by atoms with van der Waals surface area (Å²) in [6.07, 6.45) is 3.50. The van der Waals surface area contributed by atoms with E-state index in [-0.39, 0.29) is 23.5 Å². The first-order chi connectivity index (χ1) is 13.5. The highest BCUT2D eigenvalue weighted by Crippen LogP contribution is 2.29. The van der Waals surface area contributed by atoms with E-state index in [4.69, 9.17) is 4.98 Å². The van der Waals surface area contributed by atoms with Crippen LogP contribution in [0.2, 0.25) is 0 Å². The smallest absolute Gasteiger partial charge is 0.227 e. The van der Waals surface area contributed by atoms with E-state index in [1.807, 2.05) is 17.2 Å². The van der Waals surface area contributed by atoms with Crippen molar-refractivity contribution < 1.29 is 14.0 Å². The number of carbonyl (C=O) groups excluding carboxylic acids is 2. The van der Waals surface area contributed by atoms with E-state index < -0.39 is 0 Å². The van der Waals surface area contributed by atoms with Crippen molar-refractivity contribution in [3.8, 4) is 0 Å². The minimum absolute atomic E-state index is 0.0537. The molecule has 1 atom stereocenters. The van der Waals surface area contributed by atoms with Crippen LogP contribution < -0.4 is 5.32 Å². The standard InChI is InChI=1S/C21H26FN3O2S/c1-2-19(26)23-10-9-18-14-28-21(24-18)16-4-3-11-25(13-16)20(27)12-15-5-7-17(22)8-6-15/h5-8,14,16H,2-4,9-13H2,1H3,(H,23,26)/t16-/m1/s1. The Morgan fingerprint density at radius 3 is 2.86 bits per heavy atom. The Hall–Kier alpha value is -2.28. The minimum Gasteiger partial charge on any atom is -0.356 e. The Kier molecular flexibility index (Phi) is 7.14. The van der Waals surface area contributed by atoms with Crippen molar-refractivity contribution in [2.24, 2.45) is 0 Å². The Bertz CT molecular complexity index is 806. The first-order valence-electron chi connectivity index (χ1n) is 9.78. The summed E-state index contributed by atoms with van der Waals surface area (Å²) in [5, 5.41) is 5.98. The summed E-state index contributed by atoms with van der Waals surface area (Å²) < 4.78 is 13.0. The van der Waals surface area contributed by atoms with Gasteiger partial charge in [0, 0.05) is 43.8 Å². The quantitative estimate of drug-likeness (QED) is 0.772. The summed E-state index contributed by atoms with van der Waals surface area (Å²) in [6, 6.07) is 6.11. The number of nitrogens with zero attached hydrogens (tertiary/aromatic N) is 2. The highest BCUT2D eigenvalue weighted by Gasteiger charge is 2.26. The molecule has 1 N–H and O–H groups in total. The lowest BCUT2D eigenvalue weighted by atomic mass is 9.98. The van der Waals surface area contributed by atoms with Gasteiger partial charge in [0.05, 0.1) is 17.1 Å². The van der Waals surface area contributed by atoms with Gasteiger partial charge in [-0.3, -0.25) is 9.59 Å². The third-order valence-corrected chi connectivity index (χ3v) is 6.04. The molecule has 0 aliphatic carbocycles. The number of likely N-dealkylation sites (tertiary alicyclic amines) is 1. The molecular formula is C21H26FN3O2S. The van der Waals surface area contributed by atoms with Crippen LogP contribution in [0, 0.1) is 5.82 Å². The number of amides is 2. The van der Waals surface area contributed by atoms with Crippen LogP contribution in [0.5, 0.6) is 0 Å². The molecule has 2 heterocycles. The zero-order valence-corrected chi connectivity index (χ0v) is 16.9. The number of nitrogens with one attached hydrogen (secondary N) is 1. The number of thiazole rings is 1. The molecule has 0 bridgehead atoms. The second kappa shape index (κ2) is 9.78. The molecule has 2 aromatic rings. The lowest BCUT2D eigenvalue weighted by Crippen LogP contribution is -2.39. The molecule has 2 amide bonds. The van der Waals surface area contributed by atoms with Gasteiger partial charge < -0.3 is 10.2 Å². The van der Waals surface area contributed by atoms with Gasteiger partial charge in [-0.05, 0) is 30.5 Å². The van der Waals surface area contributed by atoms with Gasteiger partial charge in [-0.1, -0.05) is 19.1 Å². The number of aromatic nitrogens is 1. The number of halogens is 1. The molecule has 1 saturated heterocycles. The lowest BCUT2D eigenvalue weighted by Gasteiger charge is -2.32. The molecule has 1 fully saturated rings. The molecule has 0 unspecified atom stereocenters. The predicted octanol–water partition coefficient (Wildman–Crippen LogP) is 3.30. The second-order valence-corrected chi connectivity index (χ2v) is 8.00. The largest absolute Gasteiger partial charge is 0.356 e. The van der Waals surface area contributed by atoms with Crippen LogP contribution in [0.25, 0.3) is 0 Å². The average Bonchev–Trinajstić information content (AvgIpc) is 3.18. The lowest BCUT2D eigenvalue weighted by molar-refractivity contribution is -0.131. The summed E-state index contributed by atoms with van der Waals surface area (Å²) in [5.41, 5.74) is 1.82. The van der Waals surface area contributed by atoms with Gasteiger partial charge in [-0.2, -0.15) is 0 Å². The van der Waals surface area contributed by atoms with Crippen LogP contribution in [0.1, 0.15) is 48.4 Å². The van der Waals surface area contributed by atoms with E-state index in [0.29, 0.717) is 25.9 Å². The van der Waals surface area contributed by atoms with E-state index in [0.717, 1.165) is 42.1 Å². The van der Waals surface area contributed by atoms with E-state index >= 15 is 0 Å². The van der Waals surface area contributed by atoms with Crippen LogP contribution in [-0.4, -0.2) is 41.3 Å². The molecule has 1 aliphatic heterocycles. The number of piperidine rings is 1. The van der Waals surface area contributed by atoms with E-state index in [2.05, 4.69) is 5.32 Å². The molecule has 28 heavy (non-hydrogen) atoms. The van der Waals surface area contributed by atoms with E-state index in [9.17, 15) is 14.0 Å². The van der Waals surface area contributed by atoms with Crippen LogP contribution in [0.4, 0.5) is 4.39 Å². The number of benzene rings is 1. The monoisotopic (exact) mass is 403 g/mol. The molecule has 0 spiro atoms. The van der Waals surface area contributed by atoms with Crippen LogP contribution in [-0.2, 0) is 22.4 Å². The zero-order valence-electron chi connectivity index (χ0n) is 16.1. The van der Waals surface area contributed by atoms with Crippen molar-refractivity contribution in [1.29, 1.82) is 0 Å². The summed E-state index contributed by atoms with van der Waals surface area (Å²) in [6.45, 7) is 3.88. The molecule has 5 nitrogen and oxygen atoms in total. The molecular weight excluding hydrogens is 377 g/mol. The fraction of sp³-hybridized carbons (Fsp3) is 0.476. The average molecular weight is 404 g/mol. The molecule has 0 saturated carbocycles. The Balaban J connectivity index is 1.53. The fourth-order valence-corrected chi connectivity index (χ4v) is 4.36. The SMILES string of the molecule is CCC(=O)NCCc1csc([C@@H]2CCCN(C(=O)Cc3ccc(F)cc3)C2)n1. The van der Waals surface area contributed by atoms with Gasteiger partial charge in [-0.15, -0.1) is 11.3 Å². The second-order valence-electron chi connectivity index (χ2n) is 7.11. The van der Waals surface area contributed by atoms with Crippen molar-refractivity contribution in [3.63, 3.8) is 0 Å². The van der Waals surface area contributed by atoms with Gasteiger partial charge >= 0.3 is 0 Å². The van der Waals surface area contributed by atoms with Crippen LogP contribution >= 0.6 is 11.3 Å². The van der Waals surface area contributed by atoms with Gasteiger partial charge in [0.25, 0.3) is 0 Å².